The van der Waals surface area contributed by atoms with E-state index in [-0.39, 0.29) is 6.61 Å². The maximum atomic E-state index is 12.6. The summed E-state index contributed by atoms with van der Waals surface area (Å²) >= 11 is 2.59. The Labute approximate surface area is 221 Å². The summed E-state index contributed by atoms with van der Waals surface area (Å²) in [6.45, 7) is 4.07. The van der Waals surface area contributed by atoms with Crippen molar-refractivity contribution in [2.75, 3.05) is 11.9 Å². The van der Waals surface area contributed by atoms with Gasteiger partial charge in [-0.1, -0.05) is 13.0 Å². The van der Waals surface area contributed by atoms with Gasteiger partial charge in [-0.15, -0.1) is 22.7 Å². The zero-order valence-electron chi connectivity index (χ0n) is 20.2. The quantitative estimate of drug-likeness (QED) is 0.151. The monoisotopic (exact) mass is 539 g/mol. The number of thiophene rings is 2. The third-order valence-electron chi connectivity index (χ3n) is 5.62. The summed E-state index contributed by atoms with van der Waals surface area (Å²) in [6.07, 6.45) is 3.83. The van der Waals surface area contributed by atoms with E-state index in [1.165, 1.54) is 28.9 Å². The van der Waals surface area contributed by atoms with Crippen molar-refractivity contribution in [3.63, 3.8) is 0 Å². The zero-order valence-corrected chi connectivity index (χ0v) is 21.9. The number of amides is 2. The van der Waals surface area contributed by atoms with Crippen LogP contribution in [0.1, 0.15) is 56.3 Å². The third-order valence-corrected chi connectivity index (χ3v) is 7.64. The minimum absolute atomic E-state index is 0.209. The van der Waals surface area contributed by atoms with Gasteiger partial charge in [0.2, 0.25) is 0 Å². The number of carbonyl (C=O) groups is 4. The Morgan fingerprint density at radius 1 is 1.11 bits per heavy atom. The highest BCUT2D eigenvalue weighted by Crippen LogP contribution is 2.40. The van der Waals surface area contributed by atoms with Gasteiger partial charge in [0.15, 0.2) is 0 Å². The number of hydrogen-bond acceptors (Lipinski definition) is 9. The molecular weight excluding hydrogens is 514 g/mol. The molecule has 1 aliphatic carbocycles. The van der Waals surface area contributed by atoms with Gasteiger partial charge in [-0.3, -0.25) is 9.59 Å². The van der Waals surface area contributed by atoms with Gasteiger partial charge >= 0.3 is 23.8 Å². The molecule has 2 amide bonds. The van der Waals surface area contributed by atoms with Gasteiger partial charge in [0.1, 0.15) is 15.6 Å². The summed E-state index contributed by atoms with van der Waals surface area (Å²) in [5.74, 6) is -2.03. The number of fused-ring (bicyclic) bond motifs is 1. The van der Waals surface area contributed by atoms with Crippen molar-refractivity contribution in [3.05, 3.63) is 68.2 Å². The van der Waals surface area contributed by atoms with Gasteiger partial charge in [0.05, 0.1) is 18.4 Å². The molecule has 0 aliphatic heterocycles. The summed E-state index contributed by atoms with van der Waals surface area (Å²) in [5, 5.41) is 8.47. The van der Waals surface area contributed by atoms with Gasteiger partial charge < -0.3 is 14.8 Å². The largest absolute Gasteiger partial charge is 0.462 e. The maximum Gasteiger partial charge on any atom is 0.353 e. The summed E-state index contributed by atoms with van der Waals surface area (Å²) in [6, 6.07) is 9.93. The molecule has 0 unspecified atom stereocenters. The van der Waals surface area contributed by atoms with Crippen molar-refractivity contribution in [1.82, 2.24) is 5.43 Å². The van der Waals surface area contributed by atoms with Crippen molar-refractivity contribution in [2.45, 2.75) is 33.1 Å². The number of esters is 2. The van der Waals surface area contributed by atoms with Gasteiger partial charge in [-0.25, -0.2) is 15.0 Å². The van der Waals surface area contributed by atoms with Crippen molar-refractivity contribution < 1.29 is 28.7 Å². The van der Waals surface area contributed by atoms with Crippen LogP contribution in [-0.4, -0.2) is 36.6 Å². The summed E-state index contributed by atoms with van der Waals surface area (Å²) in [7, 11) is 0. The molecule has 9 nitrogen and oxygen atoms in total. The highest BCUT2D eigenvalue weighted by Gasteiger charge is 2.30. The Morgan fingerprint density at radius 3 is 2.59 bits per heavy atom. The Balaban J connectivity index is 1.35. The van der Waals surface area contributed by atoms with E-state index in [2.05, 4.69) is 22.8 Å². The van der Waals surface area contributed by atoms with Crippen LogP contribution in [-0.2, 0) is 27.2 Å². The molecule has 2 N–H and O–H groups in total. The van der Waals surface area contributed by atoms with E-state index in [9.17, 15) is 19.2 Å². The molecule has 1 aliphatic rings. The lowest BCUT2D eigenvalue weighted by Crippen LogP contribution is -2.32. The Hall–Kier alpha value is -3.83. The fourth-order valence-corrected chi connectivity index (χ4v) is 5.80. The fraction of sp³-hybridized carbons (Fsp3) is 0.269. The van der Waals surface area contributed by atoms with E-state index < -0.39 is 23.8 Å². The lowest BCUT2D eigenvalue weighted by Gasteiger charge is -2.18. The number of hydrogen-bond donors (Lipinski definition) is 2. The van der Waals surface area contributed by atoms with E-state index >= 15 is 0 Å². The van der Waals surface area contributed by atoms with Gasteiger partial charge in [0.25, 0.3) is 0 Å². The smallest absolute Gasteiger partial charge is 0.353 e. The average molecular weight is 540 g/mol. The molecule has 0 bridgehead atoms. The number of rotatable bonds is 7. The molecule has 0 spiro atoms. The van der Waals surface area contributed by atoms with E-state index in [1.807, 2.05) is 0 Å². The minimum atomic E-state index is -0.979. The van der Waals surface area contributed by atoms with Crippen LogP contribution in [0.4, 0.5) is 5.00 Å². The number of nitrogens with zero attached hydrogens (tertiary/aromatic N) is 1. The molecular formula is C26H25N3O6S2. The van der Waals surface area contributed by atoms with Crippen LogP contribution in [0.2, 0.25) is 0 Å². The maximum absolute atomic E-state index is 12.6. The normalized spacial score (nSPS) is 14.6. The molecule has 37 heavy (non-hydrogen) atoms. The van der Waals surface area contributed by atoms with Gasteiger partial charge in [0, 0.05) is 4.88 Å². The summed E-state index contributed by atoms with van der Waals surface area (Å²) < 4.78 is 10.5. The number of nitrogens with one attached hydrogen (secondary N) is 2. The van der Waals surface area contributed by atoms with Crippen molar-refractivity contribution in [3.8, 4) is 5.75 Å². The SMILES string of the molecule is CCOC(=O)c1c(NC(=O)C(=O)N/N=C\c2ccc(OC(=O)c3cccs3)cc2)sc2c1CC[C@H](C)C2. The topological polar surface area (TPSA) is 123 Å². The number of benzene rings is 1. The van der Waals surface area contributed by atoms with Crippen LogP contribution in [0, 0.1) is 5.92 Å². The first-order valence-electron chi connectivity index (χ1n) is 11.7. The second-order valence-electron chi connectivity index (χ2n) is 8.37. The first-order valence-corrected chi connectivity index (χ1v) is 13.4. The zero-order chi connectivity index (χ0) is 26.4. The molecule has 11 heteroatoms. The van der Waals surface area contributed by atoms with E-state index in [0.29, 0.717) is 32.7 Å². The van der Waals surface area contributed by atoms with Gasteiger partial charge in [-0.2, -0.15) is 5.10 Å². The molecule has 4 rings (SSSR count). The summed E-state index contributed by atoms with van der Waals surface area (Å²) in [5.41, 5.74) is 4.01. The van der Waals surface area contributed by atoms with E-state index in [0.717, 1.165) is 29.7 Å². The third kappa shape index (κ3) is 6.49. The molecule has 0 saturated carbocycles. The van der Waals surface area contributed by atoms with Crippen molar-refractivity contribution in [2.24, 2.45) is 11.0 Å². The fourth-order valence-electron chi connectivity index (χ4n) is 3.81. The first-order chi connectivity index (χ1) is 17.9. The molecule has 1 atom stereocenters. The molecule has 2 heterocycles. The molecule has 0 radical (unpaired) electrons. The Kier molecular flexibility index (Phi) is 8.47. The first kappa shape index (κ1) is 26.2. The van der Waals surface area contributed by atoms with Crippen LogP contribution < -0.4 is 15.5 Å². The van der Waals surface area contributed by atoms with Crippen LogP contribution in [0.15, 0.2) is 46.9 Å². The van der Waals surface area contributed by atoms with E-state index in [4.69, 9.17) is 9.47 Å². The standard InChI is InChI=1S/C26H25N3O6S2/c1-3-34-26(33)21-18-11-6-15(2)13-20(18)37-24(21)28-22(30)23(31)29-27-14-16-7-9-17(10-8-16)35-25(32)19-5-4-12-36-19/h4-5,7-10,12,14-15H,3,6,11,13H2,1-2H3,(H,28,30)(H,29,31)/b27-14-/t15-/m0/s1. The van der Waals surface area contributed by atoms with Crippen LogP contribution in [0.5, 0.6) is 5.75 Å². The Morgan fingerprint density at radius 2 is 1.89 bits per heavy atom. The number of anilines is 1. The van der Waals surface area contributed by atoms with Crippen LogP contribution in [0.3, 0.4) is 0 Å². The lowest BCUT2D eigenvalue weighted by atomic mass is 9.88. The number of hydrazone groups is 1. The van der Waals surface area contributed by atoms with Crippen molar-refractivity contribution in [1.29, 1.82) is 0 Å². The highest BCUT2D eigenvalue weighted by atomic mass is 32.1. The minimum Gasteiger partial charge on any atom is -0.462 e. The predicted molar refractivity (Wildman–Crippen MR) is 142 cm³/mol. The number of carbonyl (C=O) groups excluding carboxylic acids is 4. The Bertz CT molecular complexity index is 1330. The van der Waals surface area contributed by atoms with E-state index in [1.54, 1.807) is 48.7 Å². The molecule has 0 saturated heterocycles. The molecule has 192 valence electrons. The van der Waals surface area contributed by atoms with Crippen LogP contribution >= 0.6 is 22.7 Å². The molecule has 1 aromatic carbocycles. The summed E-state index contributed by atoms with van der Waals surface area (Å²) in [4.78, 5) is 51.0. The van der Waals surface area contributed by atoms with Crippen LogP contribution in [0.25, 0.3) is 0 Å². The molecule has 3 aromatic rings. The number of ether oxygens (including phenoxy) is 2. The highest BCUT2D eigenvalue weighted by molar-refractivity contribution is 7.17. The second kappa shape index (κ2) is 11.9. The molecule has 2 aromatic heterocycles. The van der Waals surface area contributed by atoms with Crippen molar-refractivity contribution >= 4 is 57.6 Å². The average Bonchev–Trinajstić information content (AvgIpc) is 3.53. The molecule has 0 fully saturated rings. The predicted octanol–water partition coefficient (Wildman–Crippen LogP) is 4.42. The second-order valence-corrected chi connectivity index (χ2v) is 10.4. The van der Waals surface area contributed by atoms with Gasteiger partial charge in [-0.05, 0) is 78.9 Å². The lowest BCUT2D eigenvalue weighted by molar-refractivity contribution is -0.136.